The van der Waals surface area contributed by atoms with E-state index in [1.54, 1.807) is 18.3 Å². The van der Waals surface area contributed by atoms with Crippen molar-refractivity contribution in [3.63, 3.8) is 0 Å². The molecule has 1 aliphatic heterocycles. The SMILES string of the molecule is CC(=O)c1sc(N2CCCN(C)CC2C)c(C2CC2)c1N. The molecule has 0 radical (unpaired) electrons. The van der Waals surface area contributed by atoms with E-state index in [-0.39, 0.29) is 5.78 Å². The Morgan fingerprint density at radius 2 is 2.05 bits per heavy atom. The Balaban J connectivity index is 2.00. The highest BCUT2D eigenvalue weighted by Crippen LogP contribution is 2.52. The Morgan fingerprint density at radius 3 is 2.67 bits per heavy atom. The Kier molecular flexibility index (Phi) is 3.97. The monoisotopic (exact) mass is 307 g/mol. The van der Waals surface area contributed by atoms with Crippen LogP contribution in [0.25, 0.3) is 0 Å². The second-order valence-corrected chi connectivity index (χ2v) is 7.55. The summed E-state index contributed by atoms with van der Waals surface area (Å²) in [7, 11) is 2.19. The number of nitrogens with two attached hydrogens (primary N) is 1. The minimum atomic E-state index is 0.102. The van der Waals surface area contributed by atoms with Crippen LogP contribution in [0.4, 0.5) is 10.7 Å². The fraction of sp³-hybridized carbons (Fsp3) is 0.688. The third-order valence-corrected chi connectivity index (χ3v) is 5.94. The number of carbonyl (C=O) groups is 1. The normalized spacial score (nSPS) is 24.1. The molecule has 1 aromatic heterocycles. The van der Waals surface area contributed by atoms with Gasteiger partial charge in [-0.2, -0.15) is 0 Å². The van der Waals surface area contributed by atoms with Gasteiger partial charge in [-0.3, -0.25) is 4.79 Å². The minimum Gasteiger partial charge on any atom is -0.397 e. The van der Waals surface area contributed by atoms with Crippen molar-refractivity contribution in [3.8, 4) is 0 Å². The summed E-state index contributed by atoms with van der Waals surface area (Å²) in [5.41, 5.74) is 8.34. The van der Waals surface area contributed by atoms with Crippen LogP contribution in [-0.4, -0.2) is 43.4 Å². The Bertz CT molecular complexity index is 550. The molecule has 1 saturated carbocycles. The first-order chi connectivity index (χ1) is 9.99. The summed E-state index contributed by atoms with van der Waals surface area (Å²) in [5, 5.41) is 1.27. The molecule has 1 atom stereocenters. The lowest BCUT2D eigenvalue weighted by Gasteiger charge is -2.30. The predicted octanol–water partition coefficient (Wildman–Crippen LogP) is 2.94. The van der Waals surface area contributed by atoms with E-state index in [0.717, 1.165) is 36.6 Å². The van der Waals surface area contributed by atoms with Gasteiger partial charge in [-0.25, -0.2) is 0 Å². The number of carbonyl (C=O) groups excluding carboxylic acids is 1. The minimum absolute atomic E-state index is 0.102. The zero-order valence-electron chi connectivity index (χ0n) is 13.2. The topological polar surface area (TPSA) is 49.6 Å². The van der Waals surface area contributed by atoms with E-state index in [0.29, 0.717) is 12.0 Å². The van der Waals surface area contributed by atoms with Crippen LogP contribution in [0, 0.1) is 0 Å². The zero-order valence-corrected chi connectivity index (χ0v) is 14.0. The Hall–Kier alpha value is -1.07. The first kappa shape index (κ1) is 14.9. The molecule has 1 saturated heterocycles. The summed E-state index contributed by atoms with van der Waals surface area (Å²) in [4.78, 5) is 17.5. The number of hydrogen-bond acceptors (Lipinski definition) is 5. The number of nitrogen functional groups attached to an aromatic ring is 1. The van der Waals surface area contributed by atoms with Gasteiger partial charge < -0.3 is 15.5 Å². The molecule has 4 nitrogen and oxygen atoms in total. The van der Waals surface area contributed by atoms with Gasteiger partial charge in [0.25, 0.3) is 0 Å². The van der Waals surface area contributed by atoms with Gasteiger partial charge in [0.15, 0.2) is 5.78 Å². The molecule has 5 heteroatoms. The number of hydrogen-bond donors (Lipinski definition) is 1. The lowest BCUT2D eigenvalue weighted by Crippen LogP contribution is -2.37. The molecule has 2 heterocycles. The third-order valence-electron chi connectivity index (χ3n) is 4.58. The van der Waals surface area contributed by atoms with Crippen molar-refractivity contribution < 1.29 is 4.79 Å². The van der Waals surface area contributed by atoms with E-state index in [2.05, 4.69) is 23.8 Å². The van der Waals surface area contributed by atoms with Crippen LogP contribution in [0.3, 0.4) is 0 Å². The first-order valence-electron chi connectivity index (χ1n) is 7.87. The molecule has 2 N–H and O–H groups in total. The van der Waals surface area contributed by atoms with Gasteiger partial charge in [-0.1, -0.05) is 0 Å². The van der Waals surface area contributed by atoms with E-state index >= 15 is 0 Å². The molecular weight excluding hydrogens is 282 g/mol. The Morgan fingerprint density at radius 1 is 1.33 bits per heavy atom. The van der Waals surface area contributed by atoms with Gasteiger partial charge in [-0.15, -0.1) is 11.3 Å². The van der Waals surface area contributed by atoms with Crippen LogP contribution < -0.4 is 10.6 Å². The van der Waals surface area contributed by atoms with Crippen molar-refractivity contribution in [1.29, 1.82) is 0 Å². The number of anilines is 2. The number of nitrogens with zero attached hydrogens (tertiary/aromatic N) is 2. The molecule has 0 aromatic carbocycles. The predicted molar refractivity (Wildman–Crippen MR) is 89.6 cm³/mol. The van der Waals surface area contributed by atoms with Crippen LogP contribution in [0.1, 0.15) is 54.3 Å². The highest BCUT2D eigenvalue weighted by atomic mass is 32.1. The standard InChI is InChI=1S/C16H25N3OS/c1-10-9-18(3)7-4-8-19(10)16-13(12-5-6-12)14(17)15(21-16)11(2)20/h10,12H,4-9,17H2,1-3H3. The van der Waals surface area contributed by atoms with Gasteiger partial charge in [0.2, 0.25) is 0 Å². The molecule has 0 spiro atoms. The quantitative estimate of drug-likeness (QED) is 0.872. The highest BCUT2D eigenvalue weighted by Gasteiger charge is 2.35. The number of ketones is 1. The van der Waals surface area contributed by atoms with Crippen LogP contribution in [0.2, 0.25) is 0 Å². The fourth-order valence-corrected chi connectivity index (χ4v) is 4.69. The molecule has 1 aromatic rings. The lowest BCUT2D eigenvalue weighted by atomic mass is 10.1. The molecule has 3 rings (SSSR count). The van der Waals surface area contributed by atoms with Gasteiger partial charge in [0.1, 0.15) is 0 Å². The summed E-state index contributed by atoms with van der Waals surface area (Å²) in [6.45, 7) is 7.17. The smallest absolute Gasteiger partial charge is 0.171 e. The average Bonchev–Trinajstić information content (AvgIpc) is 3.19. The zero-order chi connectivity index (χ0) is 15.1. The van der Waals surface area contributed by atoms with Gasteiger partial charge >= 0.3 is 0 Å². The molecule has 116 valence electrons. The Labute approximate surface area is 130 Å². The van der Waals surface area contributed by atoms with E-state index in [1.807, 2.05) is 0 Å². The second kappa shape index (κ2) is 5.61. The summed E-state index contributed by atoms with van der Waals surface area (Å²) in [6, 6.07) is 0.466. The number of rotatable bonds is 3. The van der Waals surface area contributed by atoms with Crippen molar-refractivity contribution in [2.45, 2.75) is 45.1 Å². The molecule has 2 fully saturated rings. The third kappa shape index (κ3) is 2.81. The van der Waals surface area contributed by atoms with Crippen LogP contribution >= 0.6 is 11.3 Å². The van der Waals surface area contributed by atoms with Crippen LogP contribution in [-0.2, 0) is 0 Å². The highest BCUT2D eigenvalue weighted by molar-refractivity contribution is 7.18. The molecule has 1 unspecified atom stereocenters. The van der Waals surface area contributed by atoms with Crippen LogP contribution in [0.15, 0.2) is 0 Å². The van der Waals surface area contributed by atoms with E-state index in [9.17, 15) is 4.79 Å². The van der Waals surface area contributed by atoms with E-state index in [4.69, 9.17) is 5.73 Å². The fourth-order valence-electron chi connectivity index (χ4n) is 3.36. The summed E-state index contributed by atoms with van der Waals surface area (Å²) in [5.74, 6) is 0.683. The maximum Gasteiger partial charge on any atom is 0.171 e. The van der Waals surface area contributed by atoms with Gasteiger partial charge in [-0.05, 0) is 45.7 Å². The maximum absolute atomic E-state index is 11.9. The van der Waals surface area contributed by atoms with E-state index < -0.39 is 0 Å². The maximum atomic E-state index is 11.9. The molecule has 1 aliphatic carbocycles. The summed E-state index contributed by atoms with van der Waals surface area (Å²) >= 11 is 1.62. The van der Waals surface area contributed by atoms with Gasteiger partial charge in [0, 0.05) is 31.6 Å². The number of Topliss-reactive ketones (excluding diaryl/α,β-unsaturated/α-hetero) is 1. The first-order valence-corrected chi connectivity index (χ1v) is 8.69. The molecule has 2 aliphatic rings. The average molecular weight is 307 g/mol. The number of likely N-dealkylation sites (N-methyl/N-ethyl adjacent to an activating group) is 1. The summed E-state index contributed by atoms with van der Waals surface area (Å²) < 4.78 is 0. The van der Waals surface area contributed by atoms with Crippen molar-refractivity contribution in [2.75, 3.05) is 37.3 Å². The van der Waals surface area contributed by atoms with Crippen LogP contribution in [0.5, 0.6) is 0 Å². The molecule has 0 bridgehead atoms. The summed E-state index contributed by atoms with van der Waals surface area (Å²) in [6.07, 6.45) is 3.60. The number of thiophene rings is 1. The molecule has 0 amide bonds. The van der Waals surface area contributed by atoms with E-state index in [1.165, 1.54) is 23.4 Å². The van der Waals surface area contributed by atoms with Crippen molar-refractivity contribution >= 4 is 27.8 Å². The second-order valence-electron chi connectivity index (χ2n) is 6.55. The van der Waals surface area contributed by atoms with Gasteiger partial charge in [0.05, 0.1) is 15.6 Å². The lowest BCUT2D eigenvalue weighted by molar-refractivity contribution is 0.102. The molecular formula is C16H25N3OS. The van der Waals surface area contributed by atoms with Crippen molar-refractivity contribution in [1.82, 2.24) is 4.90 Å². The van der Waals surface area contributed by atoms with Crippen molar-refractivity contribution in [2.24, 2.45) is 0 Å². The van der Waals surface area contributed by atoms with Crippen molar-refractivity contribution in [3.05, 3.63) is 10.4 Å². The molecule has 21 heavy (non-hydrogen) atoms. The largest absolute Gasteiger partial charge is 0.397 e.